The van der Waals surface area contributed by atoms with Crippen molar-refractivity contribution >= 4 is 22.5 Å². The summed E-state index contributed by atoms with van der Waals surface area (Å²) in [5, 5.41) is 18.4. The van der Waals surface area contributed by atoms with Gasteiger partial charge in [-0.1, -0.05) is 24.6 Å². The third-order valence-corrected chi connectivity index (χ3v) is 4.75. The number of aromatic hydroxyl groups is 1. The van der Waals surface area contributed by atoms with Crippen molar-refractivity contribution < 1.29 is 9.90 Å². The first-order chi connectivity index (χ1) is 9.70. The molecule has 1 atom stereocenters. The van der Waals surface area contributed by atoms with Crippen LogP contribution in [0.3, 0.4) is 0 Å². The number of azo groups is 1. The molecule has 2 aliphatic carbocycles. The van der Waals surface area contributed by atoms with Crippen molar-refractivity contribution in [2.24, 2.45) is 21.6 Å². The molecule has 2 saturated carbocycles. The van der Waals surface area contributed by atoms with E-state index >= 15 is 0 Å². The van der Waals surface area contributed by atoms with Gasteiger partial charge in [-0.05, 0) is 30.7 Å². The smallest absolute Gasteiger partial charge is 0.268 e. The molecule has 5 nitrogen and oxygen atoms in total. The second kappa shape index (κ2) is 3.91. The SMILES string of the molecule is O=C(N=Nc1c(O)[nH]c2ccccc12)[C@@H]1CC12CCC2. The van der Waals surface area contributed by atoms with Gasteiger partial charge in [0.05, 0.1) is 5.52 Å². The molecule has 0 saturated heterocycles. The van der Waals surface area contributed by atoms with Gasteiger partial charge in [-0.3, -0.25) is 4.79 Å². The van der Waals surface area contributed by atoms with Gasteiger partial charge in [-0.2, -0.15) is 0 Å². The first-order valence-corrected chi connectivity index (χ1v) is 6.95. The molecule has 20 heavy (non-hydrogen) atoms. The molecule has 4 rings (SSSR count). The molecule has 0 radical (unpaired) electrons. The predicted molar refractivity (Wildman–Crippen MR) is 73.9 cm³/mol. The highest BCUT2D eigenvalue weighted by atomic mass is 16.3. The molecule has 0 unspecified atom stereocenters. The molecule has 2 N–H and O–H groups in total. The molecule has 1 heterocycles. The van der Waals surface area contributed by atoms with Crippen LogP contribution in [0.15, 0.2) is 34.5 Å². The highest BCUT2D eigenvalue weighted by Gasteiger charge is 2.61. The van der Waals surface area contributed by atoms with E-state index in [0.29, 0.717) is 5.69 Å². The van der Waals surface area contributed by atoms with Crippen LogP contribution in [0.1, 0.15) is 25.7 Å². The number of hydrogen-bond acceptors (Lipinski definition) is 3. The molecule has 1 amide bonds. The zero-order valence-electron chi connectivity index (χ0n) is 11.0. The molecule has 0 bridgehead atoms. The number of aromatic nitrogens is 1. The summed E-state index contributed by atoms with van der Waals surface area (Å²) in [5.74, 6) is -0.126. The number of carbonyl (C=O) groups excluding carboxylic acids is 1. The molecular formula is C15H15N3O2. The molecule has 2 aliphatic rings. The van der Waals surface area contributed by atoms with Crippen LogP contribution >= 0.6 is 0 Å². The summed E-state index contributed by atoms with van der Waals surface area (Å²) in [4.78, 5) is 14.8. The third kappa shape index (κ3) is 1.59. The van der Waals surface area contributed by atoms with E-state index in [9.17, 15) is 9.90 Å². The summed E-state index contributed by atoms with van der Waals surface area (Å²) in [6, 6.07) is 7.42. The van der Waals surface area contributed by atoms with Gasteiger partial charge in [0, 0.05) is 11.3 Å². The van der Waals surface area contributed by atoms with Crippen LogP contribution in [0.5, 0.6) is 5.88 Å². The van der Waals surface area contributed by atoms with E-state index in [2.05, 4.69) is 15.2 Å². The maximum Gasteiger partial charge on any atom is 0.268 e. The highest BCUT2D eigenvalue weighted by molar-refractivity contribution is 5.94. The molecule has 2 fully saturated rings. The van der Waals surface area contributed by atoms with Gasteiger partial charge in [-0.25, -0.2) is 0 Å². The number of H-pyrrole nitrogens is 1. The van der Waals surface area contributed by atoms with Gasteiger partial charge in [0.1, 0.15) is 0 Å². The molecule has 5 heteroatoms. The molecule has 1 aromatic carbocycles. The zero-order chi connectivity index (χ0) is 13.7. The summed E-state index contributed by atoms with van der Waals surface area (Å²) in [6.45, 7) is 0. The fourth-order valence-electron chi connectivity index (χ4n) is 3.26. The fraction of sp³-hybridized carbons (Fsp3) is 0.400. The lowest BCUT2D eigenvalue weighted by Gasteiger charge is -2.25. The van der Waals surface area contributed by atoms with Crippen molar-refractivity contribution in [1.29, 1.82) is 0 Å². The van der Waals surface area contributed by atoms with Gasteiger partial charge in [0.15, 0.2) is 5.69 Å². The number of nitrogens with one attached hydrogen (secondary N) is 1. The van der Waals surface area contributed by atoms with Crippen LogP contribution < -0.4 is 0 Å². The largest absolute Gasteiger partial charge is 0.493 e. The van der Waals surface area contributed by atoms with E-state index in [1.807, 2.05) is 24.3 Å². The number of aromatic amines is 1. The van der Waals surface area contributed by atoms with Crippen molar-refractivity contribution in [1.82, 2.24) is 4.98 Å². The topological polar surface area (TPSA) is 77.8 Å². The Labute approximate surface area is 115 Å². The molecule has 2 aromatic rings. The van der Waals surface area contributed by atoms with Crippen LogP contribution in [0.25, 0.3) is 10.9 Å². The second-order valence-electron chi connectivity index (χ2n) is 5.88. The van der Waals surface area contributed by atoms with Crippen molar-refractivity contribution in [3.8, 4) is 5.88 Å². The summed E-state index contributed by atoms with van der Waals surface area (Å²) < 4.78 is 0. The summed E-state index contributed by atoms with van der Waals surface area (Å²) >= 11 is 0. The number of fused-ring (bicyclic) bond motifs is 1. The van der Waals surface area contributed by atoms with Crippen molar-refractivity contribution in [3.05, 3.63) is 24.3 Å². The number of carbonyl (C=O) groups is 1. The van der Waals surface area contributed by atoms with Gasteiger partial charge in [0.25, 0.3) is 5.91 Å². The normalized spacial score (nSPS) is 23.3. The average molecular weight is 269 g/mol. The van der Waals surface area contributed by atoms with Crippen molar-refractivity contribution in [3.63, 3.8) is 0 Å². The number of benzene rings is 1. The minimum Gasteiger partial charge on any atom is -0.493 e. The van der Waals surface area contributed by atoms with Gasteiger partial charge < -0.3 is 10.1 Å². The molecule has 0 aliphatic heterocycles. The molecule has 1 aromatic heterocycles. The third-order valence-electron chi connectivity index (χ3n) is 4.75. The van der Waals surface area contributed by atoms with E-state index < -0.39 is 0 Å². The minimum atomic E-state index is -0.144. The Morgan fingerprint density at radius 2 is 2.15 bits per heavy atom. The van der Waals surface area contributed by atoms with Crippen LogP contribution in [-0.4, -0.2) is 16.0 Å². The summed E-state index contributed by atoms with van der Waals surface area (Å²) in [5.41, 5.74) is 1.39. The number of nitrogens with zero attached hydrogens (tertiary/aromatic N) is 2. The molecular weight excluding hydrogens is 254 g/mol. The Bertz CT molecular complexity index is 728. The standard InChI is InChI=1S/C15H15N3O2/c19-13(10-8-15(10)6-3-7-15)18-17-12-9-4-1-2-5-11(9)16-14(12)20/h1-2,4-5,10,16,20H,3,6-8H2/t10-/m0/s1. The van der Waals surface area contributed by atoms with E-state index in [0.717, 1.165) is 30.2 Å². The maximum absolute atomic E-state index is 12.0. The van der Waals surface area contributed by atoms with Crippen LogP contribution in [0.2, 0.25) is 0 Å². The Morgan fingerprint density at radius 1 is 1.35 bits per heavy atom. The van der Waals surface area contributed by atoms with E-state index in [-0.39, 0.29) is 23.1 Å². The Morgan fingerprint density at radius 3 is 2.85 bits per heavy atom. The first-order valence-electron chi connectivity index (χ1n) is 6.95. The fourth-order valence-corrected chi connectivity index (χ4v) is 3.26. The van der Waals surface area contributed by atoms with Crippen LogP contribution in [0, 0.1) is 11.3 Å². The van der Waals surface area contributed by atoms with E-state index in [4.69, 9.17) is 0 Å². The van der Waals surface area contributed by atoms with Gasteiger partial charge in [0.2, 0.25) is 5.88 Å². The van der Waals surface area contributed by atoms with E-state index in [1.165, 1.54) is 6.42 Å². The molecule has 1 spiro atoms. The Kier molecular flexibility index (Phi) is 2.28. The number of rotatable bonds is 2. The average Bonchev–Trinajstić information content (AvgIpc) is 3.09. The zero-order valence-corrected chi connectivity index (χ0v) is 11.0. The van der Waals surface area contributed by atoms with Gasteiger partial charge >= 0.3 is 0 Å². The van der Waals surface area contributed by atoms with Crippen molar-refractivity contribution in [2.45, 2.75) is 25.7 Å². The predicted octanol–water partition coefficient (Wildman–Crippen LogP) is 3.67. The lowest BCUT2D eigenvalue weighted by atomic mass is 9.80. The maximum atomic E-state index is 12.0. The monoisotopic (exact) mass is 269 g/mol. The van der Waals surface area contributed by atoms with Crippen LogP contribution in [0.4, 0.5) is 5.69 Å². The highest BCUT2D eigenvalue weighted by Crippen LogP contribution is 2.65. The number of para-hydroxylation sites is 1. The second-order valence-corrected chi connectivity index (χ2v) is 5.88. The van der Waals surface area contributed by atoms with Crippen molar-refractivity contribution in [2.75, 3.05) is 0 Å². The lowest BCUT2D eigenvalue weighted by Crippen LogP contribution is -2.17. The quantitative estimate of drug-likeness (QED) is 0.816. The Hall–Kier alpha value is -2.17. The molecule has 102 valence electrons. The Balaban J connectivity index is 1.59. The van der Waals surface area contributed by atoms with Crippen LogP contribution in [-0.2, 0) is 4.79 Å². The minimum absolute atomic E-state index is 0.0445. The summed E-state index contributed by atoms with van der Waals surface area (Å²) in [6.07, 6.45) is 4.49. The summed E-state index contributed by atoms with van der Waals surface area (Å²) in [7, 11) is 0. The number of amides is 1. The first kappa shape index (κ1) is 11.6. The lowest BCUT2D eigenvalue weighted by molar-refractivity contribution is -0.120. The van der Waals surface area contributed by atoms with E-state index in [1.54, 1.807) is 0 Å². The van der Waals surface area contributed by atoms with Gasteiger partial charge in [-0.15, -0.1) is 10.2 Å². The number of hydrogen-bond donors (Lipinski definition) is 2.